The van der Waals surface area contributed by atoms with E-state index in [2.05, 4.69) is 4.72 Å². The molecule has 0 heterocycles. The number of aryl methyl sites for hydroxylation is 1. The highest BCUT2D eigenvalue weighted by molar-refractivity contribution is 7.89. The predicted molar refractivity (Wildman–Crippen MR) is 72.4 cm³/mol. The van der Waals surface area contributed by atoms with Gasteiger partial charge in [-0.2, -0.15) is 0 Å². The molecule has 0 spiro atoms. The molecule has 0 aliphatic heterocycles. The Kier molecular flexibility index (Phi) is 6.08. The van der Waals surface area contributed by atoms with E-state index in [1.807, 2.05) is 0 Å². The minimum absolute atomic E-state index is 0.0300. The molecule has 0 saturated carbocycles. The van der Waals surface area contributed by atoms with Gasteiger partial charge in [-0.3, -0.25) is 0 Å². The minimum atomic E-state index is -3.54. The van der Waals surface area contributed by atoms with Crippen molar-refractivity contribution in [2.24, 2.45) is 0 Å². The van der Waals surface area contributed by atoms with Crippen molar-refractivity contribution in [2.45, 2.75) is 30.8 Å². The molecule has 0 saturated heterocycles. The lowest BCUT2D eigenvalue weighted by molar-refractivity contribution is 0.174. The zero-order chi connectivity index (χ0) is 13.6. The summed E-state index contributed by atoms with van der Waals surface area (Å²) in [7, 11) is -3.54. The third kappa shape index (κ3) is 4.57. The largest absolute Gasteiger partial charge is 0.392 e. The summed E-state index contributed by atoms with van der Waals surface area (Å²) >= 11 is 5.61. The number of aliphatic hydroxyl groups excluding tert-OH is 1. The molecule has 1 aromatic carbocycles. The monoisotopic (exact) mass is 291 g/mol. The van der Waals surface area contributed by atoms with E-state index < -0.39 is 16.1 Å². The number of alkyl halides is 1. The van der Waals surface area contributed by atoms with Crippen molar-refractivity contribution in [3.8, 4) is 0 Å². The lowest BCUT2D eigenvalue weighted by atomic mass is 10.2. The van der Waals surface area contributed by atoms with Crippen LogP contribution in [0, 0.1) is 0 Å². The van der Waals surface area contributed by atoms with Gasteiger partial charge < -0.3 is 5.11 Å². The Morgan fingerprint density at radius 1 is 1.33 bits per heavy atom. The number of nitrogens with one attached hydrogen (secondary N) is 1. The molecule has 1 unspecified atom stereocenters. The Morgan fingerprint density at radius 3 is 2.44 bits per heavy atom. The van der Waals surface area contributed by atoms with E-state index in [0.29, 0.717) is 18.7 Å². The van der Waals surface area contributed by atoms with Crippen LogP contribution in [0.1, 0.15) is 18.9 Å². The minimum Gasteiger partial charge on any atom is -0.392 e. The lowest BCUT2D eigenvalue weighted by Gasteiger charge is -2.10. The number of aliphatic hydroxyl groups is 1. The number of benzene rings is 1. The van der Waals surface area contributed by atoms with Gasteiger partial charge in [0.25, 0.3) is 0 Å². The molecule has 1 rings (SSSR count). The second-order valence-electron chi connectivity index (χ2n) is 4.00. The first kappa shape index (κ1) is 15.4. The molecule has 0 aliphatic carbocycles. The van der Waals surface area contributed by atoms with Crippen LogP contribution < -0.4 is 4.72 Å². The molecule has 1 atom stereocenters. The van der Waals surface area contributed by atoms with Crippen LogP contribution in [-0.4, -0.2) is 32.1 Å². The van der Waals surface area contributed by atoms with Crippen LogP contribution in [0.4, 0.5) is 0 Å². The molecular formula is C12H18ClNO3S. The Labute approximate surface area is 113 Å². The zero-order valence-electron chi connectivity index (χ0n) is 10.3. The van der Waals surface area contributed by atoms with E-state index in [1.165, 1.54) is 0 Å². The van der Waals surface area contributed by atoms with E-state index >= 15 is 0 Å². The van der Waals surface area contributed by atoms with E-state index in [9.17, 15) is 13.5 Å². The molecule has 2 N–H and O–H groups in total. The SMILES string of the molecule is CCC(O)CNS(=O)(=O)c1ccc(CCCl)cc1. The number of hydrogen-bond donors (Lipinski definition) is 2. The van der Waals surface area contributed by atoms with Gasteiger partial charge in [0.15, 0.2) is 0 Å². The molecule has 4 nitrogen and oxygen atoms in total. The van der Waals surface area contributed by atoms with Gasteiger partial charge in [0.05, 0.1) is 11.0 Å². The van der Waals surface area contributed by atoms with Gasteiger partial charge in [0, 0.05) is 12.4 Å². The summed E-state index contributed by atoms with van der Waals surface area (Å²) in [6.07, 6.45) is 0.566. The van der Waals surface area contributed by atoms with E-state index in [-0.39, 0.29) is 11.4 Å². The summed E-state index contributed by atoms with van der Waals surface area (Å²) in [5.41, 5.74) is 0.998. The van der Waals surface area contributed by atoms with Crippen molar-refractivity contribution >= 4 is 21.6 Å². The summed E-state index contributed by atoms with van der Waals surface area (Å²) in [4.78, 5) is 0.198. The molecule has 0 bridgehead atoms. The smallest absolute Gasteiger partial charge is 0.240 e. The summed E-state index contributed by atoms with van der Waals surface area (Å²) < 4.78 is 26.1. The number of sulfonamides is 1. The van der Waals surface area contributed by atoms with Gasteiger partial charge in [-0.15, -0.1) is 11.6 Å². The molecule has 6 heteroatoms. The Bertz CT molecular complexity index is 459. The van der Waals surface area contributed by atoms with Crippen molar-refractivity contribution in [1.29, 1.82) is 0 Å². The molecule has 0 fully saturated rings. The maximum Gasteiger partial charge on any atom is 0.240 e. The van der Waals surface area contributed by atoms with Crippen LogP contribution in [0.3, 0.4) is 0 Å². The first-order chi connectivity index (χ1) is 8.49. The standard InChI is InChI=1S/C12H18ClNO3S/c1-2-11(15)9-14-18(16,17)12-5-3-10(4-6-12)7-8-13/h3-6,11,14-15H,2,7-9H2,1H3. The molecule has 0 aliphatic rings. The summed E-state index contributed by atoms with van der Waals surface area (Å²) in [5, 5.41) is 9.34. The average molecular weight is 292 g/mol. The highest BCUT2D eigenvalue weighted by Crippen LogP contribution is 2.11. The third-order valence-electron chi connectivity index (χ3n) is 2.60. The first-order valence-electron chi connectivity index (χ1n) is 5.82. The topological polar surface area (TPSA) is 66.4 Å². The fourth-order valence-corrected chi connectivity index (χ4v) is 2.67. The van der Waals surface area contributed by atoms with Crippen molar-refractivity contribution < 1.29 is 13.5 Å². The number of rotatable bonds is 7. The van der Waals surface area contributed by atoms with Crippen molar-refractivity contribution in [2.75, 3.05) is 12.4 Å². The zero-order valence-corrected chi connectivity index (χ0v) is 11.8. The molecule has 18 heavy (non-hydrogen) atoms. The summed E-state index contributed by atoms with van der Waals surface area (Å²) in [5.74, 6) is 0.507. The molecule has 0 aromatic heterocycles. The van der Waals surface area contributed by atoms with Crippen molar-refractivity contribution in [3.05, 3.63) is 29.8 Å². The summed E-state index contributed by atoms with van der Waals surface area (Å²) in [6, 6.07) is 6.57. The molecule has 1 aromatic rings. The first-order valence-corrected chi connectivity index (χ1v) is 7.84. The van der Waals surface area contributed by atoms with E-state index in [4.69, 9.17) is 11.6 Å². The predicted octanol–water partition coefficient (Wildman–Crippen LogP) is 1.52. The van der Waals surface area contributed by atoms with Gasteiger partial charge in [-0.05, 0) is 30.5 Å². The number of hydrogen-bond acceptors (Lipinski definition) is 3. The van der Waals surface area contributed by atoms with Gasteiger partial charge in [0.2, 0.25) is 10.0 Å². The van der Waals surface area contributed by atoms with E-state index in [1.54, 1.807) is 31.2 Å². The lowest BCUT2D eigenvalue weighted by Crippen LogP contribution is -2.31. The average Bonchev–Trinajstić information content (AvgIpc) is 2.37. The van der Waals surface area contributed by atoms with Crippen molar-refractivity contribution in [3.63, 3.8) is 0 Å². The Morgan fingerprint density at radius 2 is 1.94 bits per heavy atom. The maximum atomic E-state index is 11.9. The number of halogens is 1. The molecule has 0 radical (unpaired) electrons. The van der Waals surface area contributed by atoms with Gasteiger partial charge in [-0.1, -0.05) is 19.1 Å². The van der Waals surface area contributed by atoms with Crippen LogP contribution in [0.25, 0.3) is 0 Å². The fraction of sp³-hybridized carbons (Fsp3) is 0.500. The second kappa shape index (κ2) is 7.09. The van der Waals surface area contributed by atoms with Crippen LogP contribution in [0.5, 0.6) is 0 Å². The normalized spacial score (nSPS) is 13.5. The van der Waals surface area contributed by atoms with Gasteiger partial charge in [0.1, 0.15) is 0 Å². The van der Waals surface area contributed by atoms with Gasteiger partial charge in [-0.25, -0.2) is 13.1 Å². The summed E-state index contributed by atoms with van der Waals surface area (Å²) in [6.45, 7) is 1.82. The van der Waals surface area contributed by atoms with Crippen LogP contribution in [0.15, 0.2) is 29.2 Å². The molecular weight excluding hydrogens is 274 g/mol. The van der Waals surface area contributed by atoms with E-state index in [0.717, 1.165) is 5.56 Å². The maximum absolute atomic E-state index is 11.9. The Hall–Kier alpha value is -0.620. The van der Waals surface area contributed by atoms with Crippen LogP contribution in [0.2, 0.25) is 0 Å². The second-order valence-corrected chi connectivity index (χ2v) is 6.14. The fourth-order valence-electron chi connectivity index (χ4n) is 1.38. The van der Waals surface area contributed by atoms with Crippen molar-refractivity contribution in [1.82, 2.24) is 4.72 Å². The van der Waals surface area contributed by atoms with Gasteiger partial charge >= 0.3 is 0 Å². The van der Waals surface area contributed by atoms with Crippen LogP contribution >= 0.6 is 11.6 Å². The quantitative estimate of drug-likeness (QED) is 0.749. The molecule has 102 valence electrons. The molecule has 0 amide bonds. The third-order valence-corrected chi connectivity index (χ3v) is 4.23. The van der Waals surface area contributed by atoms with Crippen LogP contribution in [-0.2, 0) is 16.4 Å². The Balaban J connectivity index is 2.72. The highest BCUT2D eigenvalue weighted by atomic mass is 35.5. The highest BCUT2D eigenvalue weighted by Gasteiger charge is 2.14.